The van der Waals surface area contributed by atoms with E-state index in [4.69, 9.17) is 0 Å². The first kappa shape index (κ1) is 8.31. The third-order valence-electron chi connectivity index (χ3n) is 2.35. The lowest BCUT2D eigenvalue weighted by Gasteiger charge is -2.01. The van der Waals surface area contributed by atoms with E-state index in [1.165, 1.54) is 0 Å². The fourth-order valence-electron chi connectivity index (χ4n) is 1.50. The SMILES string of the molecule is CCC1=C(O)C(=O)[C@@H](CC)C1. The van der Waals surface area contributed by atoms with Crippen molar-refractivity contribution in [3.05, 3.63) is 11.3 Å². The Kier molecular flexibility index (Phi) is 2.32. The highest BCUT2D eigenvalue weighted by Crippen LogP contribution is 2.30. The van der Waals surface area contributed by atoms with Gasteiger partial charge in [-0.2, -0.15) is 0 Å². The fourth-order valence-corrected chi connectivity index (χ4v) is 1.50. The van der Waals surface area contributed by atoms with Gasteiger partial charge in [-0.1, -0.05) is 13.8 Å². The molecule has 0 unspecified atom stereocenters. The molecule has 0 saturated carbocycles. The van der Waals surface area contributed by atoms with Gasteiger partial charge in [-0.3, -0.25) is 4.79 Å². The van der Waals surface area contributed by atoms with Crippen LogP contribution in [0.4, 0.5) is 0 Å². The Balaban J connectivity index is 2.77. The second kappa shape index (κ2) is 3.07. The number of allylic oxidation sites excluding steroid dienone is 2. The van der Waals surface area contributed by atoms with Crippen LogP contribution in [0.5, 0.6) is 0 Å². The molecule has 11 heavy (non-hydrogen) atoms. The summed E-state index contributed by atoms with van der Waals surface area (Å²) in [5.41, 5.74) is 0.932. The summed E-state index contributed by atoms with van der Waals surface area (Å²) in [5.74, 6) is 0.0497. The maximum Gasteiger partial charge on any atom is 0.200 e. The maximum absolute atomic E-state index is 11.2. The van der Waals surface area contributed by atoms with Crippen molar-refractivity contribution in [1.82, 2.24) is 0 Å². The lowest BCUT2D eigenvalue weighted by molar-refractivity contribution is -0.120. The van der Waals surface area contributed by atoms with Gasteiger partial charge in [0, 0.05) is 5.92 Å². The van der Waals surface area contributed by atoms with E-state index in [0.29, 0.717) is 0 Å². The largest absolute Gasteiger partial charge is 0.504 e. The molecule has 0 heterocycles. The third kappa shape index (κ3) is 1.30. The summed E-state index contributed by atoms with van der Waals surface area (Å²) in [6.45, 7) is 3.95. The van der Waals surface area contributed by atoms with Crippen molar-refractivity contribution in [2.45, 2.75) is 33.1 Å². The molecule has 0 aromatic rings. The maximum atomic E-state index is 11.2. The Labute approximate surface area is 66.9 Å². The highest BCUT2D eigenvalue weighted by atomic mass is 16.3. The molecule has 0 fully saturated rings. The standard InChI is InChI=1S/C9H14O2/c1-3-6-5-7(4-2)9(11)8(6)10/h6,11H,3-5H2,1-2H3/t6-/m0/s1. The molecule has 2 nitrogen and oxygen atoms in total. The number of hydrogen-bond donors (Lipinski definition) is 1. The van der Waals surface area contributed by atoms with E-state index in [1.54, 1.807) is 0 Å². The quantitative estimate of drug-likeness (QED) is 0.662. The van der Waals surface area contributed by atoms with Crippen molar-refractivity contribution < 1.29 is 9.90 Å². The van der Waals surface area contributed by atoms with Crippen LogP contribution in [0.2, 0.25) is 0 Å². The topological polar surface area (TPSA) is 37.3 Å². The molecule has 0 bridgehead atoms. The zero-order valence-corrected chi connectivity index (χ0v) is 7.05. The van der Waals surface area contributed by atoms with E-state index in [0.717, 1.165) is 24.8 Å². The molecular weight excluding hydrogens is 140 g/mol. The van der Waals surface area contributed by atoms with E-state index < -0.39 is 0 Å². The molecule has 0 amide bonds. The summed E-state index contributed by atoms with van der Waals surface area (Å²) in [4.78, 5) is 11.2. The molecule has 0 aromatic heterocycles. The Bertz CT molecular complexity index is 204. The lowest BCUT2D eigenvalue weighted by Crippen LogP contribution is -2.08. The molecule has 1 atom stereocenters. The number of ketones is 1. The number of Topliss-reactive ketones (excluding diaryl/α,β-unsaturated/α-hetero) is 1. The summed E-state index contributed by atoms with van der Waals surface area (Å²) in [6, 6.07) is 0. The van der Waals surface area contributed by atoms with Crippen LogP contribution in [0.25, 0.3) is 0 Å². The molecule has 2 heteroatoms. The van der Waals surface area contributed by atoms with Crippen LogP contribution in [0, 0.1) is 5.92 Å². The molecule has 0 aromatic carbocycles. The molecule has 0 radical (unpaired) electrons. The third-order valence-corrected chi connectivity index (χ3v) is 2.35. The average molecular weight is 154 g/mol. The Hall–Kier alpha value is -0.790. The van der Waals surface area contributed by atoms with Gasteiger partial charge in [0.1, 0.15) is 0 Å². The second-order valence-electron chi connectivity index (χ2n) is 2.98. The van der Waals surface area contributed by atoms with Gasteiger partial charge < -0.3 is 5.11 Å². The Morgan fingerprint density at radius 1 is 1.55 bits per heavy atom. The molecule has 1 rings (SSSR count). The minimum absolute atomic E-state index is 0.0411. The monoisotopic (exact) mass is 154 g/mol. The first-order valence-corrected chi connectivity index (χ1v) is 4.15. The van der Waals surface area contributed by atoms with Crippen molar-refractivity contribution in [1.29, 1.82) is 0 Å². The highest BCUT2D eigenvalue weighted by Gasteiger charge is 2.30. The van der Waals surface area contributed by atoms with Gasteiger partial charge >= 0.3 is 0 Å². The first-order chi connectivity index (χ1) is 5.20. The molecule has 1 N–H and O–H groups in total. The normalized spacial score (nSPS) is 24.9. The van der Waals surface area contributed by atoms with Gasteiger partial charge in [-0.05, 0) is 24.8 Å². The predicted octanol–water partition coefficient (Wildman–Crippen LogP) is 2.21. The second-order valence-corrected chi connectivity index (χ2v) is 2.98. The minimum atomic E-state index is -0.0515. The van der Waals surface area contributed by atoms with Crippen LogP contribution < -0.4 is 0 Å². The molecule has 0 aliphatic heterocycles. The van der Waals surface area contributed by atoms with Gasteiger partial charge in [0.25, 0.3) is 0 Å². The number of carbonyl (C=O) groups is 1. The van der Waals surface area contributed by atoms with Crippen LogP contribution >= 0.6 is 0 Å². The number of aliphatic hydroxyl groups is 1. The summed E-state index contributed by atoms with van der Waals surface area (Å²) in [5, 5.41) is 9.29. The fraction of sp³-hybridized carbons (Fsp3) is 0.667. The zero-order chi connectivity index (χ0) is 8.43. The Morgan fingerprint density at radius 2 is 2.18 bits per heavy atom. The predicted molar refractivity (Wildman–Crippen MR) is 43.4 cm³/mol. The highest BCUT2D eigenvalue weighted by molar-refractivity contribution is 5.98. The van der Waals surface area contributed by atoms with Crippen molar-refractivity contribution in [3.8, 4) is 0 Å². The number of carbonyl (C=O) groups excluding carboxylic acids is 1. The summed E-state index contributed by atoms with van der Waals surface area (Å²) in [6.07, 6.45) is 2.41. The van der Waals surface area contributed by atoms with Crippen molar-refractivity contribution in [2.24, 2.45) is 5.92 Å². The number of hydrogen-bond acceptors (Lipinski definition) is 2. The van der Waals surface area contributed by atoms with Crippen molar-refractivity contribution >= 4 is 5.78 Å². The summed E-state index contributed by atoms with van der Waals surface area (Å²) in [7, 11) is 0. The van der Waals surface area contributed by atoms with Crippen LogP contribution in [0.3, 0.4) is 0 Å². The van der Waals surface area contributed by atoms with Crippen molar-refractivity contribution in [2.75, 3.05) is 0 Å². The molecule has 0 saturated heterocycles. The summed E-state index contributed by atoms with van der Waals surface area (Å²) < 4.78 is 0. The molecule has 1 aliphatic rings. The van der Waals surface area contributed by atoms with E-state index >= 15 is 0 Å². The van der Waals surface area contributed by atoms with Crippen LogP contribution in [-0.4, -0.2) is 10.9 Å². The average Bonchev–Trinajstić information content (AvgIpc) is 2.30. The van der Waals surface area contributed by atoms with E-state index in [2.05, 4.69) is 0 Å². The minimum Gasteiger partial charge on any atom is -0.504 e. The van der Waals surface area contributed by atoms with Gasteiger partial charge in [0.2, 0.25) is 0 Å². The van der Waals surface area contributed by atoms with Crippen LogP contribution in [0.1, 0.15) is 33.1 Å². The first-order valence-electron chi connectivity index (χ1n) is 4.15. The van der Waals surface area contributed by atoms with Gasteiger partial charge in [-0.15, -0.1) is 0 Å². The van der Waals surface area contributed by atoms with E-state index in [-0.39, 0.29) is 17.5 Å². The van der Waals surface area contributed by atoms with Crippen LogP contribution in [-0.2, 0) is 4.79 Å². The molecular formula is C9H14O2. The van der Waals surface area contributed by atoms with Gasteiger partial charge in [0.15, 0.2) is 11.5 Å². The van der Waals surface area contributed by atoms with Crippen molar-refractivity contribution in [3.63, 3.8) is 0 Å². The van der Waals surface area contributed by atoms with Gasteiger partial charge in [-0.25, -0.2) is 0 Å². The number of rotatable bonds is 2. The van der Waals surface area contributed by atoms with E-state index in [1.807, 2.05) is 13.8 Å². The zero-order valence-electron chi connectivity index (χ0n) is 7.05. The van der Waals surface area contributed by atoms with Gasteiger partial charge in [0.05, 0.1) is 0 Å². The smallest absolute Gasteiger partial charge is 0.200 e. The molecule has 0 spiro atoms. The molecule has 1 aliphatic carbocycles. The lowest BCUT2D eigenvalue weighted by atomic mass is 10.0. The summed E-state index contributed by atoms with van der Waals surface area (Å²) >= 11 is 0. The molecule has 62 valence electrons. The number of aliphatic hydroxyl groups excluding tert-OH is 1. The van der Waals surface area contributed by atoms with E-state index in [9.17, 15) is 9.90 Å². The Morgan fingerprint density at radius 3 is 2.45 bits per heavy atom. The van der Waals surface area contributed by atoms with Crippen LogP contribution in [0.15, 0.2) is 11.3 Å².